The fourth-order valence-corrected chi connectivity index (χ4v) is 10.5. The zero-order chi connectivity index (χ0) is 56.2. The van der Waals surface area contributed by atoms with Gasteiger partial charge in [-0.25, -0.2) is 0 Å². The van der Waals surface area contributed by atoms with E-state index in [0.717, 1.165) is 44.9 Å². The third-order valence-electron chi connectivity index (χ3n) is 15.6. The van der Waals surface area contributed by atoms with Crippen molar-refractivity contribution in [1.82, 2.24) is 5.32 Å². The number of carbonyl (C=O) groups is 1. The normalized spacial score (nSPS) is 30.7. The summed E-state index contributed by atoms with van der Waals surface area (Å²) in [4.78, 5) is 13.3. The van der Waals surface area contributed by atoms with Gasteiger partial charge in [0.05, 0.1) is 38.6 Å². The number of aliphatic hydroxyl groups excluding tert-OH is 11. The summed E-state index contributed by atoms with van der Waals surface area (Å²) in [7, 11) is 0. The molecular formula is C58H109NO18. The predicted octanol–water partition coefficient (Wildman–Crippen LogP) is 5.38. The minimum atomic E-state index is -1.97. The largest absolute Gasteiger partial charge is 0.394 e. The van der Waals surface area contributed by atoms with Crippen LogP contribution in [0.15, 0.2) is 12.2 Å². The summed E-state index contributed by atoms with van der Waals surface area (Å²) in [5, 5.41) is 120. The summed E-state index contributed by atoms with van der Waals surface area (Å²) in [6.45, 7) is 1.73. The van der Waals surface area contributed by atoms with Crippen molar-refractivity contribution >= 4 is 5.91 Å². The van der Waals surface area contributed by atoms with Gasteiger partial charge in [-0.05, 0) is 19.3 Å². The molecule has 3 fully saturated rings. The molecule has 17 unspecified atom stereocenters. The number of aliphatic hydroxyl groups is 11. The number of hydrogen-bond acceptors (Lipinski definition) is 18. The van der Waals surface area contributed by atoms with Crippen molar-refractivity contribution in [2.45, 2.75) is 324 Å². The van der Waals surface area contributed by atoms with Crippen LogP contribution in [0.5, 0.6) is 0 Å². The monoisotopic (exact) mass is 1110 g/mol. The summed E-state index contributed by atoms with van der Waals surface area (Å²) in [5.74, 6) is -0.273. The second-order valence-corrected chi connectivity index (χ2v) is 22.2. The maximum Gasteiger partial charge on any atom is 0.220 e. The van der Waals surface area contributed by atoms with Gasteiger partial charge in [-0.1, -0.05) is 206 Å². The van der Waals surface area contributed by atoms with Crippen molar-refractivity contribution in [3.63, 3.8) is 0 Å². The Hall–Kier alpha value is -1.47. The molecule has 0 aliphatic carbocycles. The molecule has 0 saturated carbocycles. The van der Waals surface area contributed by atoms with Crippen molar-refractivity contribution in [3.05, 3.63) is 12.2 Å². The van der Waals surface area contributed by atoms with Gasteiger partial charge in [0.1, 0.15) is 73.2 Å². The Morgan fingerprint density at radius 3 is 1.22 bits per heavy atom. The lowest BCUT2D eigenvalue weighted by molar-refractivity contribution is -0.379. The first-order chi connectivity index (χ1) is 37.3. The molecule has 12 N–H and O–H groups in total. The van der Waals surface area contributed by atoms with Crippen LogP contribution in [0.3, 0.4) is 0 Å². The van der Waals surface area contributed by atoms with Crippen molar-refractivity contribution < 1.29 is 89.4 Å². The molecule has 3 saturated heterocycles. The van der Waals surface area contributed by atoms with E-state index >= 15 is 0 Å². The number of allylic oxidation sites excluding steroid dienone is 1. The summed E-state index contributed by atoms with van der Waals surface area (Å²) in [6, 6.07) is -0.966. The van der Waals surface area contributed by atoms with Gasteiger partial charge in [0.25, 0.3) is 0 Å². The average molecular weight is 1110 g/mol. The van der Waals surface area contributed by atoms with E-state index < -0.39 is 124 Å². The molecule has 0 spiro atoms. The van der Waals surface area contributed by atoms with Gasteiger partial charge in [-0.2, -0.15) is 0 Å². The smallest absolute Gasteiger partial charge is 0.220 e. The Kier molecular flexibility index (Phi) is 38.4. The molecule has 0 bridgehead atoms. The van der Waals surface area contributed by atoms with Crippen LogP contribution in [0.25, 0.3) is 0 Å². The van der Waals surface area contributed by atoms with Crippen LogP contribution in [-0.4, -0.2) is 193 Å². The molecule has 3 heterocycles. The lowest BCUT2D eigenvalue weighted by Crippen LogP contribution is -2.66. The predicted molar refractivity (Wildman–Crippen MR) is 291 cm³/mol. The highest BCUT2D eigenvalue weighted by Crippen LogP contribution is 2.33. The molecule has 0 radical (unpaired) electrons. The first kappa shape index (κ1) is 69.8. The molecule has 19 heteroatoms. The zero-order valence-corrected chi connectivity index (χ0v) is 47.2. The van der Waals surface area contributed by atoms with E-state index in [1.165, 1.54) is 148 Å². The van der Waals surface area contributed by atoms with Gasteiger partial charge in [-0.3, -0.25) is 4.79 Å². The number of unbranched alkanes of at least 4 members (excludes halogenated alkanes) is 29. The Morgan fingerprint density at radius 2 is 0.805 bits per heavy atom. The van der Waals surface area contributed by atoms with E-state index in [9.17, 15) is 61.0 Å². The molecule has 0 aromatic rings. The first-order valence-electron chi connectivity index (χ1n) is 30.4. The van der Waals surface area contributed by atoms with E-state index in [4.69, 9.17) is 28.4 Å². The average Bonchev–Trinajstić information content (AvgIpc) is 3.43. The number of ether oxygens (including phenoxy) is 6. The van der Waals surface area contributed by atoms with Crippen molar-refractivity contribution in [2.24, 2.45) is 0 Å². The number of amides is 1. The molecule has 0 aromatic carbocycles. The van der Waals surface area contributed by atoms with Crippen LogP contribution < -0.4 is 5.32 Å². The summed E-state index contributed by atoms with van der Waals surface area (Å²) < 4.78 is 34.2. The fourth-order valence-electron chi connectivity index (χ4n) is 10.5. The number of nitrogens with one attached hydrogen (secondary N) is 1. The molecule has 0 aromatic heterocycles. The third-order valence-corrected chi connectivity index (χ3v) is 15.6. The molecular weight excluding hydrogens is 999 g/mol. The topological polar surface area (TPSA) is 307 Å². The van der Waals surface area contributed by atoms with Crippen LogP contribution in [-0.2, 0) is 33.2 Å². The van der Waals surface area contributed by atoms with Crippen molar-refractivity contribution in [2.75, 3.05) is 26.4 Å². The highest BCUT2D eigenvalue weighted by atomic mass is 16.8. The molecule has 3 rings (SSSR count). The van der Waals surface area contributed by atoms with Crippen molar-refractivity contribution in [1.29, 1.82) is 0 Å². The minimum Gasteiger partial charge on any atom is -0.394 e. The summed E-state index contributed by atoms with van der Waals surface area (Å²) in [5.41, 5.74) is 0. The van der Waals surface area contributed by atoms with Gasteiger partial charge in [-0.15, -0.1) is 0 Å². The van der Waals surface area contributed by atoms with E-state index in [1.807, 2.05) is 6.08 Å². The van der Waals surface area contributed by atoms with E-state index in [-0.39, 0.29) is 18.9 Å². The quantitative estimate of drug-likeness (QED) is 0.0269. The van der Waals surface area contributed by atoms with Gasteiger partial charge in [0, 0.05) is 6.42 Å². The molecule has 17 atom stereocenters. The first-order valence-corrected chi connectivity index (χ1v) is 30.4. The molecule has 19 nitrogen and oxygen atoms in total. The summed E-state index contributed by atoms with van der Waals surface area (Å²) >= 11 is 0. The highest BCUT2D eigenvalue weighted by Gasteiger charge is 2.53. The summed E-state index contributed by atoms with van der Waals surface area (Å²) in [6.07, 6.45) is 14.8. The van der Waals surface area contributed by atoms with Crippen LogP contribution in [0.2, 0.25) is 0 Å². The van der Waals surface area contributed by atoms with Crippen LogP contribution in [0, 0.1) is 0 Å². The van der Waals surface area contributed by atoms with E-state index in [2.05, 4.69) is 19.2 Å². The lowest BCUT2D eigenvalue weighted by Gasteiger charge is -2.48. The van der Waals surface area contributed by atoms with Crippen LogP contribution in [0.1, 0.15) is 219 Å². The third kappa shape index (κ3) is 26.5. The van der Waals surface area contributed by atoms with Crippen molar-refractivity contribution in [3.8, 4) is 0 Å². The van der Waals surface area contributed by atoms with Gasteiger partial charge < -0.3 is 89.9 Å². The molecule has 1 amide bonds. The number of rotatable bonds is 45. The molecule has 77 heavy (non-hydrogen) atoms. The number of hydrogen-bond donors (Lipinski definition) is 12. The van der Waals surface area contributed by atoms with Gasteiger partial charge in [0.2, 0.25) is 5.91 Å². The van der Waals surface area contributed by atoms with E-state index in [1.54, 1.807) is 6.08 Å². The standard InChI is InChI=1S/C58H109NO18/c1-3-5-7-9-11-13-15-17-18-19-20-21-22-24-26-28-30-32-34-36-46(64)59-41(42(63)35-33-31-29-27-25-23-16-14-12-10-8-6-4-2)40-72-56-52(70)49(67)54(44(38-61)74-56)77-58-53(71)50(68)55(45(39-62)75-58)76-57-51(69)48(66)47(65)43(37-60)73-57/h33,35,41-45,47-58,60-63,65-71H,3-32,34,36-40H2,1-2H3,(H,59,64)/b35-33+. The highest BCUT2D eigenvalue weighted by molar-refractivity contribution is 5.76. The van der Waals surface area contributed by atoms with Crippen LogP contribution in [0.4, 0.5) is 0 Å². The van der Waals surface area contributed by atoms with Gasteiger partial charge >= 0.3 is 0 Å². The maximum absolute atomic E-state index is 13.3. The van der Waals surface area contributed by atoms with Crippen LogP contribution >= 0.6 is 0 Å². The maximum atomic E-state index is 13.3. The lowest BCUT2D eigenvalue weighted by atomic mass is 9.96. The molecule has 3 aliphatic heterocycles. The fraction of sp³-hybridized carbons (Fsp3) is 0.948. The second-order valence-electron chi connectivity index (χ2n) is 22.2. The Morgan fingerprint density at radius 1 is 0.455 bits per heavy atom. The Labute approximate surface area is 461 Å². The van der Waals surface area contributed by atoms with E-state index in [0.29, 0.717) is 6.42 Å². The SMILES string of the molecule is CCCCCCCCCCCCC/C=C/C(O)C(COC1OC(CO)C(OC2OC(CO)C(OC3OC(CO)C(O)C(O)C3O)C(O)C2O)C(O)C1O)NC(=O)CCCCCCCCCCCCCCCCCCCCC. The minimum absolute atomic E-state index is 0.249. The van der Waals surface area contributed by atoms with Gasteiger partial charge in [0.15, 0.2) is 18.9 Å². The second kappa shape index (κ2) is 42.4. The molecule has 3 aliphatic rings. The Balaban J connectivity index is 1.49. The number of carbonyl (C=O) groups excluding carboxylic acids is 1. The zero-order valence-electron chi connectivity index (χ0n) is 47.2. The Bertz CT molecular complexity index is 1460. The molecule has 454 valence electrons.